The Bertz CT molecular complexity index is 328. The normalized spacial score (nSPS) is 11.1. The van der Waals surface area contributed by atoms with Gasteiger partial charge in [-0.05, 0) is 32.1 Å². The van der Waals surface area contributed by atoms with Crippen LogP contribution in [0.4, 0.5) is 0 Å². The third-order valence-corrected chi connectivity index (χ3v) is 3.18. The summed E-state index contributed by atoms with van der Waals surface area (Å²) in [6.45, 7) is 4.04. The van der Waals surface area contributed by atoms with E-state index in [1.54, 1.807) is 18.3 Å². The van der Waals surface area contributed by atoms with Crippen molar-refractivity contribution in [1.29, 1.82) is 0 Å². The number of hydrogen-bond acceptors (Lipinski definition) is 3. The Morgan fingerprint density at radius 2 is 1.89 bits per heavy atom. The second-order valence-corrected chi connectivity index (χ2v) is 4.97. The highest BCUT2D eigenvalue weighted by Gasteiger charge is 2.05. The van der Waals surface area contributed by atoms with E-state index in [9.17, 15) is 5.11 Å². The van der Waals surface area contributed by atoms with Crippen LogP contribution in [0.5, 0.6) is 5.75 Å². The lowest BCUT2D eigenvalue weighted by atomic mass is 10.1. The molecule has 1 rings (SSSR count). The molecule has 0 saturated heterocycles. The third kappa shape index (κ3) is 6.01. The highest BCUT2D eigenvalue weighted by atomic mass is 16.3. The molecule has 1 N–H and O–H groups in total. The Balaban J connectivity index is 2.14. The van der Waals surface area contributed by atoms with Gasteiger partial charge in [-0.1, -0.05) is 39.0 Å². The average molecular weight is 250 g/mol. The molecule has 102 valence electrons. The van der Waals surface area contributed by atoms with Gasteiger partial charge in [0, 0.05) is 12.7 Å². The predicted octanol–water partition coefficient (Wildman–Crippen LogP) is 3.58. The fraction of sp³-hybridized carbons (Fsp3) is 0.667. The van der Waals surface area contributed by atoms with Crippen LogP contribution in [0.15, 0.2) is 18.3 Å². The fourth-order valence-electron chi connectivity index (χ4n) is 2.05. The first-order chi connectivity index (χ1) is 8.74. The minimum atomic E-state index is 0.298. The summed E-state index contributed by atoms with van der Waals surface area (Å²) >= 11 is 0. The number of nitrogens with zero attached hydrogens (tertiary/aromatic N) is 2. The van der Waals surface area contributed by atoms with E-state index in [-0.39, 0.29) is 0 Å². The van der Waals surface area contributed by atoms with Crippen LogP contribution in [-0.2, 0) is 6.54 Å². The van der Waals surface area contributed by atoms with Gasteiger partial charge in [0.25, 0.3) is 0 Å². The van der Waals surface area contributed by atoms with Gasteiger partial charge in [-0.15, -0.1) is 0 Å². The van der Waals surface area contributed by atoms with E-state index in [1.807, 2.05) is 0 Å². The van der Waals surface area contributed by atoms with Gasteiger partial charge in [-0.3, -0.25) is 4.98 Å². The average Bonchev–Trinajstić information content (AvgIpc) is 2.36. The van der Waals surface area contributed by atoms with Crippen molar-refractivity contribution >= 4 is 0 Å². The molecule has 18 heavy (non-hydrogen) atoms. The Morgan fingerprint density at radius 3 is 2.61 bits per heavy atom. The van der Waals surface area contributed by atoms with Crippen LogP contribution in [0.3, 0.4) is 0 Å². The maximum absolute atomic E-state index is 9.64. The van der Waals surface area contributed by atoms with Crippen molar-refractivity contribution in [3.63, 3.8) is 0 Å². The second-order valence-electron chi connectivity index (χ2n) is 4.97. The molecule has 1 aromatic heterocycles. The van der Waals surface area contributed by atoms with E-state index in [0.29, 0.717) is 5.75 Å². The Hall–Kier alpha value is -1.09. The maximum Gasteiger partial charge on any atom is 0.138 e. The summed E-state index contributed by atoms with van der Waals surface area (Å²) in [5, 5.41) is 9.64. The Morgan fingerprint density at radius 1 is 1.17 bits per heavy atom. The van der Waals surface area contributed by atoms with Gasteiger partial charge in [0.05, 0.1) is 5.69 Å². The van der Waals surface area contributed by atoms with Crippen LogP contribution in [0.25, 0.3) is 0 Å². The van der Waals surface area contributed by atoms with Crippen LogP contribution in [-0.4, -0.2) is 28.6 Å². The van der Waals surface area contributed by atoms with E-state index < -0.39 is 0 Å². The van der Waals surface area contributed by atoms with E-state index in [1.165, 1.54) is 38.5 Å². The summed E-state index contributed by atoms with van der Waals surface area (Å²) in [6.07, 6.45) is 9.63. The van der Waals surface area contributed by atoms with Gasteiger partial charge in [0.2, 0.25) is 0 Å². The van der Waals surface area contributed by atoms with Crippen LogP contribution in [0.2, 0.25) is 0 Å². The van der Waals surface area contributed by atoms with Gasteiger partial charge < -0.3 is 10.0 Å². The topological polar surface area (TPSA) is 36.4 Å². The highest BCUT2D eigenvalue weighted by molar-refractivity contribution is 5.24. The highest BCUT2D eigenvalue weighted by Crippen LogP contribution is 2.14. The summed E-state index contributed by atoms with van der Waals surface area (Å²) in [6, 6.07) is 3.45. The molecule has 0 amide bonds. The summed E-state index contributed by atoms with van der Waals surface area (Å²) in [5.41, 5.74) is 0.769. The molecule has 1 aromatic rings. The van der Waals surface area contributed by atoms with Crippen molar-refractivity contribution in [3.8, 4) is 5.75 Å². The Kier molecular flexibility index (Phi) is 7.42. The quantitative estimate of drug-likeness (QED) is 0.681. The Labute approximate surface area is 111 Å². The number of aromatic nitrogens is 1. The molecule has 3 heteroatoms. The van der Waals surface area contributed by atoms with E-state index in [2.05, 4.69) is 23.9 Å². The molecule has 0 unspecified atom stereocenters. The molecule has 0 fully saturated rings. The van der Waals surface area contributed by atoms with Crippen molar-refractivity contribution in [2.45, 2.75) is 52.0 Å². The zero-order valence-corrected chi connectivity index (χ0v) is 11.7. The summed E-state index contributed by atoms with van der Waals surface area (Å²) in [5.74, 6) is 0.298. The summed E-state index contributed by atoms with van der Waals surface area (Å²) in [7, 11) is 2.08. The van der Waals surface area contributed by atoms with Crippen LogP contribution in [0.1, 0.15) is 51.1 Å². The number of unbranched alkanes of at least 4 members (excludes halogenated alkanes) is 5. The maximum atomic E-state index is 9.64. The van der Waals surface area contributed by atoms with Crippen molar-refractivity contribution < 1.29 is 5.11 Å². The standard InChI is InChI=1S/C15H26N2O/c1-3-4-5-6-7-8-12-17(2)13-14-15(18)10-9-11-16-14/h9-11,18H,3-8,12-13H2,1-2H3. The van der Waals surface area contributed by atoms with Gasteiger partial charge in [-0.2, -0.15) is 0 Å². The minimum absolute atomic E-state index is 0.298. The first-order valence-corrected chi connectivity index (χ1v) is 7.05. The van der Waals surface area contributed by atoms with Crippen LogP contribution < -0.4 is 0 Å². The van der Waals surface area contributed by atoms with Crippen LogP contribution in [0, 0.1) is 0 Å². The van der Waals surface area contributed by atoms with E-state index in [0.717, 1.165) is 18.8 Å². The van der Waals surface area contributed by atoms with Crippen molar-refractivity contribution in [2.24, 2.45) is 0 Å². The second kappa shape index (κ2) is 8.92. The molecule has 0 atom stereocenters. The smallest absolute Gasteiger partial charge is 0.138 e. The van der Waals surface area contributed by atoms with Gasteiger partial charge in [0.15, 0.2) is 0 Å². The van der Waals surface area contributed by atoms with Gasteiger partial charge >= 0.3 is 0 Å². The predicted molar refractivity (Wildman–Crippen MR) is 75.6 cm³/mol. The largest absolute Gasteiger partial charge is 0.506 e. The number of aromatic hydroxyl groups is 1. The molecule has 0 radical (unpaired) electrons. The van der Waals surface area contributed by atoms with Crippen molar-refractivity contribution in [2.75, 3.05) is 13.6 Å². The number of rotatable bonds is 9. The first-order valence-electron chi connectivity index (χ1n) is 7.05. The lowest BCUT2D eigenvalue weighted by molar-refractivity contribution is 0.306. The summed E-state index contributed by atoms with van der Waals surface area (Å²) < 4.78 is 0. The molecule has 1 heterocycles. The molecule has 0 aliphatic rings. The number of hydrogen-bond donors (Lipinski definition) is 1. The van der Waals surface area contributed by atoms with E-state index in [4.69, 9.17) is 0 Å². The van der Waals surface area contributed by atoms with Crippen molar-refractivity contribution in [3.05, 3.63) is 24.0 Å². The minimum Gasteiger partial charge on any atom is -0.506 e. The molecule has 0 aliphatic heterocycles. The molecule has 3 nitrogen and oxygen atoms in total. The van der Waals surface area contributed by atoms with E-state index >= 15 is 0 Å². The molecule has 0 saturated carbocycles. The SMILES string of the molecule is CCCCCCCCN(C)Cc1ncccc1O. The lowest BCUT2D eigenvalue weighted by Crippen LogP contribution is -2.19. The summed E-state index contributed by atoms with van der Waals surface area (Å²) in [4.78, 5) is 6.42. The van der Waals surface area contributed by atoms with Crippen LogP contribution >= 0.6 is 0 Å². The molecule has 0 bridgehead atoms. The third-order valence-electron chi connectivity index (χ3n) is 3.18. The van der Waals surface area contributed by atoms with Gasteiger partial charge in [-0.25, -0.2) is 0 Å². The molecule has 0 aliphatic carbocycles. The molecular formula is C15H26N2O. The van der Waals surface area contributed by atoms with Crippen molar-refractivity contribution in [1.82, 2.24) is 9.88 Å². The molecule has 0 spiro atoms. The van der Waals surface area contributed by atoms with Gasteiger partial charge in [0.1, 0.15) is 5.75 Å². The first kappa shape index (κ1) is 15.0. The fourth-order valence-corrected chi connectivity index (χ4v) is 2.05. The molecular weight excluding hydrogens is 224 g/mol. The molecule has 0 aromatic carbocycles. The number of pyridine rings is 1. The lowest BCUT2D eigenvalue weighted by Gasteiger charge is -2.16. The monoisotopic (exact) mass is 250 g/mol. The zero-order valence-electron chi connectivity index (χ0n) is 11.7. The zero-order chi connectivity index (χ0) is 13.2.